The zero-order chi connectivity index (χ0) is 13.9. The van der Waals surface area contributed by atoms with E-state index >= 15 is 0 Å². The van der Waals surface area contributed by atoms with E-state index < -0.39 is 6.36 Å². The highest BCUT2D eigenvalue weighted by molar-refractivity contribution is 5.63. The Bertz CT molecular complexity index is 557. The number of ether oxygens (including phenoxy) is 1. The number of aromatic nitrogens is 2. The molecule has 0 atom stereocenters. The van der Waals surface area contributed by atoms with Crippen LogP contribution in [0, 0.1) is 0 Å². The van der Waals surface area contributed by atoms with Gasteiger partial charge in [0.25, 0.3) is 0 Å². The predicted octanol–water partition coefficient (Wildman–Crippen LogP) is 2.70. The van der Waals surface area contributed by atoms with E-state index in [2.05, 4.69) is 20.0 Å². The summed E-state index contributed by atoms with van der Waals surface area (Å²) in [5.41, 5.74) is 5.48. The smallest absolute Gasteiger partial charge is 0.404 e. The van der Waals surface area contributed by atoms with Crippen LogP contribution in [0.2, 0.25) is 0 Å². The zero-order valence-electron chi connectivity index (χ0n) is 9.48. The molecule has 0 saturated carbocycles. The number of rotatable bonds is 3. The number of nitrogens with one attached hydrogen (secondary N) is 1. The van der Waals surface area contributed by atoms with Crippen LogP contribution in [0.3, 0.4) is 0 Å². The van der Waals surface area contributed by atoms with Crippen molar-refractivity contribution in [2.45, 2.75) is 6.36 Å². The summed E-state index contributed by atoms with van der Waals surface area (Å²) < 4.78 is 40.5. The molecule has 0 aliphatic rings. The summed E-state index contributed by atoms with van der Waals surface area (Å²) in [5, 5.41) is 2.67. The van der Waals surface area contributed by atoms with Crippen molar-refractivity contribution in [1.82, 2.24) is 9.97 Å². The molecule has 2 aromatic rings. The van der Waals surface area contributed by atoms with Gasteiger partial charge in [-0.05, 0) is 12.1 Å². The average Bonchev–Trinajstić information content (AvgIpc) is 2.33. The SMILES string of the molecule is Nc1cnc(Nc2ccccc2OC(F)(F)F)cn1. The van der Waals surface area contributed by atoms with Crippen molar-refractivity contribution in [2.75, 3.05) is 11.1 Å². The summed E-state index contributed by atoms with van der Waals surface area (Å²) in [4.78, 5) is 7.65. The number of benzene rings is 1. The molecular formula is C11H9F3N4O. The van der Waals surface area contributed by atoms with Crippen LogP contribution >= 0.6 is 0 Å². The number of hydrogen-bond donors (Lipinski definition) is 2. The van der Waals surface area contributed by atoms with Gasteiger partial charge in [0.2, 0.25) is 0 Å². The van der Waals surface area contributed by atoms with E-state index in [0.717, 1.165) is 0 Å². The average molecular weight is 270 g/mol. The minimum atomic E-state index is -4.76. The first-order valence-electron chi connectivity index (χ1n) is 5.13. The highest BCUT2D eigenvalue weighted by Crippen LogP contribution is 2.31. The number of nitrogen functional groups attached to an aromatic ring is 1. The molecule has 0 amide bonds. The Morgan fingerprint density at radius 1 is 1.11 bits per heavy atom. The Hall–Kier alpha value is -2.51. The van der Waals surface area contributed by atoms with Crippen LogP contribution in [-0.4, -0.2) is 16.3 Å². The van der Waals surface area contributed by atoms with Crippen molar-refractivity contribution in [3.8, 4) is 5.75 Å². The molecule has 2 rings (SSSR count). The third kappa shape index (κ3) is 3.73. The van der Waals surface area contributed by atoms with Crippen LogP contribution in [0.25, 0.3) is 0 Å². The summed E-state index contributed by atoms with van der Waals surface area (Å²) in [5.74, 6) is 0.117. The van der Waals surface area contributed by atoms with E-state index in [-0.39, 0.29) is 23.1 Å². The second-order valence-electron chi connectivity index (χ2n) is 3.50. The second kappa shape index (κ2) is 5.01. The highest BCUT2D eigenvalue weighted by Gasteiger charge is 2.32. The zero-order valence-corrected chi connectivity index (χ0v) is 9.48. The predicted molar refractivity (Wildman–Crippen MR) is 62.9 cm³/mol. The maximum absolute atomic E-state index is 12.2. The van der Waals surface area contributed by atoms with E-state index in [1.165, 1.54) is 30.6 Å². The lowest BCUT2D eigenvalue weighted by molar-refractivity contribution is -0.274. The first-order valence-corrected chi connectivity index (χ1v) is 5.13. The largest absolute Gasteiger partial charge is 0.573 e. The molecule has 0 fully saturated rings. The lowest BCUT2D eigenvalue weighted by Gasteiger charge is -2.13. The maximum Gasteiger partial charge on any atom is 0.573 e. The molecule has 0 bridgehead atoms. The maximum atomic E-state index is 12.2. The van der Waals surface area contributed by atoms with E-state index in [0.29, 0.717) is 0 Å². The van der Waals surface area contributed by atoms with Crippen molar-refractivity contribution < 1.29 is 17.9 Å². The van der Waals surface area contributed by atoms with Gasteiger partial charge < -0.3 is 15.8 Å². The van der Waals surface area contributed by atoms with Crippen LogP contribution in [-0.2, 0) is 0 Å². The molecule has 1 aromatic heterocycles. The standard InChI is InChI=1S/C11H9F3N4O/c12-11(13,14)19-8-4-2-1-3-7(8)18-10-6-16-9(15)5-17-10/h1-6H,(H2,15,16)(H,17,18). The molecule has 0 unspecified atom stereocenters. The Morgan fingerprint density at radius 3 is 2.47 bits per heavy atom. The fraction of sp³-hybridized carbons (Fsp3) is 0.0909. The van der Waals surface area contributed by atoms with Gasteiger partial charge in [-0.2, -0.15) is 0 Å². The third-order valence-corrected chi connectivity index (χ3v) is 2.05. The normalized spacial score (nSPS) is 11.1. The summed E-state index contributed by atoms with van der Waals surface area (Å²) in [6.07, 6.45) is -2.17. The molecular weight excluding hydrogens is 261 g/mol. The number of anilines is 3. The van der Waals surface area contributed by atoms with Crippen molar-refractivity contribution in [1.29, 1.82) is 0 Å². The molecule has 0 radical (unpaired) electrons. The van der Waals surface area contributed by atoms with Crippen LogP contribution in [0.4, 0.5) is 30.5 Å². The van der Waals surface area contributed by atoms with Gasteiger partial charge in [0.1, 0.15) is 11.6 Å². The van der Waals surface area contributed by atoms with E-state index in [1.807, 2.05) is 0 Å². The topological polar surface area (TPSA) is 73.1 Å². The third-order valence-electron chi connectivity index (χ3n) is 2.05. The van der Waals surface area contributed by atoms with Crippen LogP contribution < -0.4 is 15.8 Å². The second-order valence-corrected chi connectivity index (χ2v) is 3.50. The molecule has 3 N–H and O–H groups in total. The molecule has 0 aliphatic heterocycles. The Morgan fingerprint density at radius 2 is 1.84 bits per heavy atom. The van der Waals surface area contributed by atoms with E-state index in [1.54, 1.807) is 6.07 Å². The number of para-hydroxylation sites is 2. The first-order chi connectivity index (χ1) is 8.94. The van der Waals surface area contributed by atoms with Gasteiger partial charge in [-0.15, -0.1) is 13.2 Å². The minimum absolute atomic E-state index is 0.124. The molecule has 100 valence electrons. The van der Waals surface area contributed by atoms with Gasteiger partial charge in [0, 0.05) is 0 Å². The summed E-state index contributed by atoms with van der Waals surface area (Å²) >= 11 is 0. The molecule has 1 heterocycles. The Labute approximate surface area is 106 Å². The number of hydrogen-bond acceptors (Lipinski definition) is 5. The highest BCUT2D eigenvalue weighted by atomic mass is 19.4. The molecule has 19 heavy (non-hydrogen) atoms. The minimum Gasteiger partial charge on any atom is -0.404 e. The molecule has 1 aromatic carbocycles. The fourth-order valence-electron chi connectivity index (χ4n) is 1.32. The summed E-state index contributed by atoms with van der Waals surface area (Å²) in [6.45, 7) is 0. The quantitative estimate of drug-likeness (QED) is 0.897. The molecule has 8 heteroatoms. The number of nitrogens with zero attached hydrogens (tertiary/aromatic N) is 2. The lowest BCUT2D eigenvalue weighted by Crippen LogP contribution is -2.17. The van der Waals surface area contributed by atoms with E-state index in [9.17, 15) is 13.2 Å². The molecule has 0 aliphatic carbocycles. The molecule has 0 saturated heterocycles. The van der Waals surface area contributed by atoms with Crippen LogP contribution in [0.15, 0.2) is 36.7 Å². The van der Waals surface area contributed by atoms with Crippen LogP contribution in [0.1, 0.15) is 0 Å². The van der Waals surface area contributed by atoms with Gasteiger partial charge in [-0.1, -0.05) is 12.1 Å². The summed E-state index contributed by atoms with van der Waals surface area (Å²) in [7, 11) is 0. The van der Waals surface area contributed by atoms with Crippen molar-refractivity contribution in [3.05, 3.63) is 36.7 Å². The number of nitrogens with two attached hydrogens (primary N) is 1. The number of halogens is 3. The van der Waals surface area contributed by atoms with E-state index in [4.69, 9.17) is 5.73 Å². The van der Waals surface area contributed by atoms with Crippen LogP contribution in [0.5, 0.6) is 5.75 Å². The Kier molecular flexibility index (Phi) is 3.41. The Balaban J connectivity index is 2.22. The summed E-state index contributed by atoms with van der Waals surface area (Å²) in [6, 6.07) is 5.62. The van der Waals surface area contributed by atoms with Crippen molar-refractivity contribution in [3.63, 3.8) is 0 Å². The van der Waals surface area contributed by atoms with Gasteiger partial charge >= 0.3 is 6.36 Å². The first kappa shape index (κ1) is 12.9. The molecule has 0 spiro atoms. The fourth-order valence-corrected chi connectivity index (χ4v) is 1.32. The molecule has 5 nitrogen and oxygen atoms in total. The van der Waals surface area contributed by atoms with Crippen molar-refractivity contribution in [2.24, 2.45) is 0 Å². The van der Waals surface area contributed by atoms with Gasteiger partial charge in [0.15, 0.2) is 5.75 Å². The number of alkyl halides is 3. The van der Waals surface area contributed by atoms with Gasteiger partial charge in [0.05, 0.1) is 18.1 Å². The van der Waals surface area contributed by atoms with Crippen molar-refractivity contribution >= 4 is 17.3 Å². The monoisotopic (exact) mass is 270 g/mol. The lowest BCUT2D eigenvalue weighted by atomic mass is 10.3. The van der Waals surface area contributed by atoms with Gasteiger partial charge in [-0.3, -0.25) is 0 Å². The van der Waals surface area contributed by atoms with Gasteiger partial charge in [-0.25, -0.2) is 9.97 Å².